The summed E-state index contributed by atoms with van der Waals surface area (Å²) in [4.78, 5) is 16.0. The van der Waals surface area contributed by atoms with E-state index in [4.69, 9.17) is 14.6 Å². The molecule has 164 valence electrons. The van der Waals surface area contributed by atoms with Gasteiger partial charge in [0, 0.05) is 29.3 Å². The molecule has 4 rings (SSSR count). The number of ether oxygens (including phenoxy) is 2. The molecule has 7 nitrogen and oxygen atoms in total. The van der Waals surface area contributed by atoms with Crippen molar-refractivity contribution in [2.45, 2.75) is 32.4 Å². The van der Waals surface area contributed by atoms with Crippen LogP contribution in [-0.2, 0) is 17.9 Å². The summed E-state index contributed by atoms with van der Waals surface area (Å²) in [5, 5.41) is 10.0. The van der Waals surface area contributed by atoms with Crippen LogP contribution in [0.5, 0.6) is 11.5 Å². The number of fused-ring (bicyclic) bond motifs is 1. The topological polar surface area (TPSA) is 68.6 Å². The quantitative estimate of drug-likeness (QED) is 0.604. The van der Waals surface area contributed by atoms with Crippen LogP contribution < -0.4 is 14.8 Å². The van der Waals surface area contributed by atoms with Crippen molar-refractivity contribution in [3.05, 3.63) is 56.9 Å². The number of carbonyl (C=O) groups excluding carboxylic acids is 1. The van der Waals surface area contributed by atoms with Gasteiger partial charge in [0.15, 0.2) is 11.5 Å². The second kappa shape index (κ2) is 8.72. The van der Waals surface area contributed by atoms with Gasteiger partial charge >= 0.3 is 0 Å². The lowest BCUT2D eigenvalue weighted by atomic mass is 9.90. The summed E-state index contributed by atoms with van der Waals surface area (Å²) in [5.41, 5.74) is 4.35. The lowest BCUT2D eigenvalue weighted by Gasteiger charge is -2.23. The number of amides is 1. The Bertz CT molecular complexity index is 1100. The van der Waals surface area contributed by atoms with Gasteiger partial charge in [-0.25, -0.2) is 4.68 Å². The van der Waals surface area contributed by atoms with Crippen LogP contribution in [-0.4, -0.2) is 48.9 Å². The van der Waals surface area contributed by atoms with Crippen molar-refractivity contribution in [2.24, 2.45) is 0 Å². The van der Waals surface area contributed by atoms with E-state index in [1.807, 2.05) is 29.8 Å². The first-order valence-corrected chi connectivity index (χ1v) is 11.1. The standard InChI is InChI=1S/C23H28N4O3S/c1-14-22-17(20-9-16(13-31-20)11-26(2)3)10-21(28)24-23(22)27(25-14)12-15-6-7-18(29-4)19(8-15)30-5/h6-9,13,17H,10-12H2,1-5H3,(H,24,28). The van der Waals surface area contributed by atoms with Crippen LogP contribution in [0, 0.1) is 6.92 Å². The number of anilines is 1. The molecule has 0 saturated carbocycles. The Morgan fingerprint density at radius 1 is 1.19 bits per heavy atom. The fourth-order valence-electron chi connectivity index (χ4n) is 4.15. The average Bonchev–Trinajstić information content (AvgIpc) is 3.31. The minimum absolute atomic E-state index is 0.0218. The molecule has 0 aliphatic carbocycles. The number of hydrogen-bond donors (Lipinski definition) is 1. The second-order valence-electron chi connectivity index (χ2n) is 8.09. The molecule has 1 aliphatic rings. The van der Waals surface area contributed by atoms with Crippen molar-refractivity contribution >= 4 is 23.1 Å². The van der Waals surface area contributed by atoms with Gasteiger partial charge in [-0.3, -0.25) is 4.79 Å². The van der Waals surface area contributed by atoms with E-state index >= 15 is 0 Å². The molecule has 0 fully saturated rings. The van der Waals surface area contributed by atoms with Gasteiger partial charge in [0.25, 0.3) is 0 Å². The summed E-state index contributed by atoms with van der Waals surface area (Å²) in [6.45, 7) is 3.43. The Morgan fingerprint density at radius 3 is 2.68 bits per heavy atom. The first kappa shape index (κ1) is 21.4. The van der Waals surface area contributed by atoms with E-state index in [1.54, 1.807) is 25.6 Å². The minimum Gasteiger partial charge on any atom is -0.493 e. The largest absolute Gasteiger partial charge is 0.493 e. The highest BCUT2D eigenvalue weighted by Crippen LogP contribution is 2.42. The van der Waals surface area contributed by atoms with Gasteiger partial charge in [-0.05, 0) is 55.7 Å². The van der Waals surface area contributed by atoms with E-state index < -0.39 is 0 Å². The van der Waals surface area contributed by atoms with E-state index in [1.165, 1.54) is 10.4 Å². The third-order valence-electron chi connectivity index (χ3n) is 5.47. The maximum Gasteiger partial charge on any atom is 0.226 e. The fourth-order valence-corrected chi connectivity index (χ4v) is 5.16. The Labute approximate surface area is 186 Å². The second-order valence-corrected chi connectivity index (χ2v) is 9.04. The highest BCUT2D eigenvalue weighted by atomic mass is 32.1. The first-order chi connectivity index (χ1) is 14.9. The highest BCUT2D eigenvalue weighted by Gasteiger charge is 2.33. The number of hydrogen-bond acceptors (Lipinski definition) is 6. The molecule has 0 spiro atoms. The van der Waals surface area contributed by atoms with Crippen LogP contribution in [0.4, 0.5) is 5.82 Å². The zero-order valence-corrected chi connectivity index (χ0v) is 19.4. The van der Waals surface area contributed by atoms with Crippen molar-refractivity contribution in [1.29, 1.82) is 0 Å². The minimum atomic E-state index is 0.0218. The SMILES string of the molecule is COc1ccc(Cn2nc(C)c3c2NC(=O)CC3c2cc(CN(C)C)cs2)cc1OC. The number of aryl methyl sites for hydroxylation is 1. The van der Waals surface area contributed by atoms with Gasteiger partial charge in [0.05, 0.1) is 26.5 Å². The molecule has 0 saturated heterocycles. The number of benzene rings is 1. The molecule has 1 amide bonds. The van der Waals surface area contributed by atoms with Crippen LogP contribution in [0.2, 0.25) is 0 Å². The van der Waals surface area contributed by atoms with Crippen molar-refractivity contribution < 1.29 is 14.3 Å². The Morgan fingerprint density at radius 2 is 1.97 bits per heavy atom. The van der Waals surface area contributed by atoms with Crippen molar-refractivity contribution in [2.75, 3.05) is 33.6 Å². The van der Waals surface area contributed by atoms with E-state index in [0.717, 1.165) is 29.2 Å². The van der Waals surface area contributed by atoms with Gasteiger partial charge in [-0.15, -0.1) is 11.3 Å². The molecular weight excluding hydrogens is 412 g/mol. The summed E-state index contributed by atoms with van der Waals surface area (Å²) in [7, 11) is 7.37. The van der Waals surface area contributed by atoms with Crippen molar-refractivity contribution in [3.8, 4) is 11.5 Å². The van der Waals surface area contributed by atoms with E-state index in [-0.39, 0.29) is 11.8 Å². The van der Waals surface area contributed by atoms with Gasteiger partial charge in [0.2, 0.25) is 5.91 Å². The van der Waals surface area contributed by atoms with E-state index in [2.05, 4.69) is 35.8 Å². The molecule has 1 aliphatic heterocycles. The van der Waals surface area contributed by atoms with Crippen LogP contribution in [0.25, 0.3) is 0 Å². The van der Waals surface area contributed by atoms with E-state index in [9.17, 15) is 4.79 Å². The maximum atomic E-state index is 12.6. The molecule has 8 heteroatoms. The molecular formula is C23H28N4O3S. The lowest BCUT2D eigenvalue weighted by molar-refractivity contribution is -0.116. The molecule has 1 N–H and O–H groups in total. The molecule has 1 atom stereocenters. The summed E-state index contributed by atoms with van der Waals surface area (Å²) < 4.78 is 12.6. The number of carbonyl (C=O) groups is 1. The number of nitrogens with one attached hydrogen (secondary N) is 1. The van der Waals surface area contributed by atoms with Crippen LogP contribution in [0.3, 0.4) is 0 Å². The molecule has 1 aromatic carbocycles. The summed E-state index contributed by atoms with van der Waals surface area (Å²) >= 11 is 1.72. The Balaban J connectivity index is 1.67. The molecule has 3 aromatic rings. The van der Waals surface area contributed by atoms with Crippen molar-refractivity contribution in [3.63, 3.8) is 0 Å². The molecule has 0 bridgehead atoms. The van der Waals surface area contributed by atoms with Gasteiger partial charge in [-0.2, -0.15) is 5.10 Å². The predicted molar refractivity (Wildman–Crippen MR) is 122 cm³/mol. The van der Waals surface area contributed by atoms with Crippen LogP contribution in [0.15, 0.2) is 29.6 Å². The summed E-state index contributed by atoms with van der Waals surface area (Å²) in [6.07, 6.45) is 0.442. The molecule has 3 heterocycles. The molecule has 2 aromatic heterocycles. The zero-order chi connectivity index (χ0) is 22.1. The Kier molecular flexibility index (Phi) is 6.02. The molecule has 1 unspecified atom stereocenters. The van der Waals surface area contributed by atoms with Crippen LogP contribution >= 0.6 is 11.3 Å². The zero-order valence-electron chi connectivity index (χ0n) is 18.6. The maximum absolute atomic E-state index is 12.6. The smallest absolute Gasteiger partial charge is 0.226 e. The summed E-state index contributed by atoms with van der Waals surface area (Å²) in [6, 6.07) is 8.04. The van der Waals surface area contributed by atoms with Gasteiger partial charge < -0.3 is 19.7 Å². The summed E-state index contributed by atoms with van der Waals surface area (Å²) in [5.74, 6) is 2.20. The Hall–Kier alpha value is -2.84. The van der Waals surface area contributed by atoms with Crippen molar-refractivity contribution in [1.82, 2.24) is 14.7 Å². The van der Waals surface area contributed by atoms with E-state index in [0.29, 0.717) is 24.5 Å². The third-order valence-corrected chi connectivity index (χ3v) is 6.56. The fraction of sp³-hybridized carbons (Fsp3) is 0.391. The highest BCUT2D eigenvalue weighted by molar-refractivity contribution is 7.10. The predicted octanol–water partition coefficient (Wildman–Crippen LogP) is 3.85. The number of methoxy groups -OCH3 is 2. The van der Waals surface area contributed by atoms with Gasteiger partial charge in [0.1, 0.15) is 5.82 Å². The number of aromatic nitrogens is 2. The number of rotatable bonds is 7. The number of thiophene rings is 1. The molecule has 0 radical (unpaired) electrons. The first-order valence-electron chi connectivity index (χ1n) is 10.2. The van der Waals surface area contributed by atoms with Gasteiger partial charge in [-0.1, -0.05) is 6.07 Å². The third kappa shape index (κ3) is 4.31. The molecule has 31 heavy (non-hydrogen) atoms. The normalized spacial score (nSPS) is 15.7. The number of nitrogens with zero attached hydrogens (tertiary/aromatic N) is 3. The van der Waals surface area contributed by atoms with Crippen LogP contribution in [0.1, 0.15) is 39.6 Å². The lowest BCUT2D eigenvalue weighted by Crippen LogP contribution is -2.25. The monoisotopic (exact) mass is 440 g/mol. The average molecular weight is 441 g/mol.